The molecule has 2 unspecified atom stereocenters. The Morgan fingerprint density at radius 2 is 1.39 bits per heavy atom. The maximum atomic E-state index is 14.6. The van der Waals surface area contributed by atoms with Crippen molar-refractivity contribution in [2.75, 3.05) is 26.3 Å². The van der Waals surface area contributed by atoms with Crippen molar-refractivity contribution in [1.82, 2.24) is 19.5 Å². The van der Waals surface area contributed by atoms with Crippen LogP contribution in [0.3, 0.4) is 0 Å². The predicted molar refractivity (Wildman–Crippen MR) is 217 cm³/mol. The summed E-state index contributed by atoms with van der Waals surface area (Å²) in [4.78, 5) is 57.5. The number of rotatable bonds is 22. The van der Waals surface area contributed by atoms with E-state index in [9.17, 15) is 24.4 Å². The minimum atomic E-state index is -1.14. The van der Waals surface area contributed by atoms with E-state index in [-0.39, 0.29) is 53.8 Å². The van der Waals surface area contributed by atoms with Crippen LogP contribution in [0.2, 0.25) is 0 Å². The van der Waals surface area contributed by atoms with Gasteiger partial charge in [0.1, 0.15) is 36.4 Å². The standard InChI is InChI=1S/C44H63N5O8/c1-7-13-17-30-21-23-32(24-22-30)40-46-41-38(43(52)56-39-33(19-15-9-3)25-31(18-14-8-2)26-34(39)20-16-10-4)35(27-45)42(49(41)47-40)57-44(53)48(28-36(50)54-11-5)29-37(51)55-12-6/h21-24,31,33-34,39H,7-20,25-26,28-29H2,1-6H3,(H,46,47). The lowest BCUT2D eigenvalue weighted by Crippen LogP contribution is -2.42. The molecule has 2 atom stereocenters. The fraction of sp³-hybridized carbons (Fsp3) is 0.636. The number of ether oxygens (including phenoxy) is 4. The Bertz CT molecular complexity index is 1770. The largest absolute Gasteiger partial charge is 0.465 e. The first kappa shape index (κ1) is 44.8. The highest BCUT2D eigenvalue weighted by Gasteiger charge is 2.41. The number of fused-ring (bicyclic) bond motifs is 1. The van der Waals surface area contributed by atoms with Crippen molar-refractivity contribution >= 4 is 29.6 Å². The summed E-state index contributed by atoms with van der Waals surface area (Å²) >= 11 is 0. The molecule has 1 fully saturated rings. The van der Waals surface area contributed by atoms with Crippen molar-refractivity contribution in [2.24, 2.45) is 17.8 Å². The molecule has 1 amide bonds. The van der Waals surface area contributed by atoms with Gasteiger partial charge < -0.3 is 23.9 Å². The number of aryl methyl sites for hydroxylation is 1. The molecular formula is C44H63N5O8. The van der Waals surface area contributed by atoms with Crippen molar-refractivity contribution < 1.29 is 38.1 Å². The number of carbonyl (C=O) groups excluding carboxylic acids is 4. The SMILES string of the molecule is CCCCc1ccc(-c2nn3c(OC(=O)N(CC(=O)OCC)CC(=O)OCC)c(C#N)c(C(=O)OC4C(CCCC)CC(CCCC)CC4CCCC)c3[nH]2)cc1. The van der Waals surface area contributed by atoms with Crippen LogP contribution in [-0.4, -0.2) is 75.9 Å². The van der Waals surface area contributed by atoms with Gasteiger partial charge in [-0.1, -0.05) is 103 Å². The van der Waals surface area contributed by atoms with Gasteiger partial charge in [-0.05, 0) is 75.7 Å². The summed E-state index contributed by atoms with van der Waals surface area (Å²) in [5.74, 6) is -1.30. The number of aromatic amines is 1. The average molecular weight is 790 g/mol. The average Bonchev–Trinajstić information content (AvgIpc) is 3.75. The van der Waals surface area contributed by atoms with Crippen LogP contribution in [-0.2, 0) is 30.2 Å². The van der Waals surface area contributed by atoms with Gasteiger partial charge in [-0.3, -0.25) is 14.5 Å². The fourth-order valence-corrected chi connectivity index (χ4v) is 7.99. The Morgan fingerprint density at radius 1 is 0.825 bits per heavy atom. The number of hydrogen-bond acceptors (Lipinski definition) is 10. The number of carbonyl (C=O) groups is 4. The molecule has 0 saturated heterocycles. The lowest BCUT2D eigenvalue weighted by Gasteiger charge is -2.42. The number of benzene rings is 1. The Kier molecular flexibility index (Phi) is 17.9. The van der Waals surface area contributed by atoms with Crippen LogP contribution in [0.4, 0.5) is 4.79 Å². The Labute approximate surface area is 337 Å². The fourth-order valence-electron chi connectivity index (χ4n) is 7.99. The number of hydrogen-bond donors (Lipinski definition) is 1. The van der Waals surface area contributed by atoms with Crippen LogP contribution in [0.25, 0.3) is 17.0 Å². The van der Waals surface area contributed by atoms with E-state index in [1.54, 1.807) is 13.8 Å². The first-order valence-electron chi connectivity index (χ1n) is 21.2. The molecule has 0 aliphatic heterocycles. The number of esters is 3. The van der Waals surface area contributed by atoms with Crippen LogP contribution in [0.5, 0.6) is 5.88 Å². The van der Waals surface area contributed by atoms with Crippen molar-refractivity contribution in [3.05, 3.63) is 41.0 Å². The number of nitrogens with one attached hydrogen (secondary N) is 1. The highest BCUT2D eigenvalue weighted by atomic mass is 16.6. The van der Waals surface area contributed by atoms with Gasteiger partial charge in [0.2, 0.25) is 5.88 Å². The number of nitrogens with zero attached hydrogens (tertiary/aromatic N) is 4. The molecule has 13 heteroatoms. The van der Waals surface area contributed by atoms with Gasteiger partial charge in [0.05, 0.1) is 13.2 Å². The summed E-state index contributed by atoms with van der Waals surface area (Å²) in [6.07, 6.45) is 13.0. The summed E-state index contributed by atoms with van der Waals surface area (Å²) in [5.41, 5.74) is 1.65. The summed E-state index contributed by atoms with van der Waals surface area (Å²) in [6.45, 7) is 10.8. The molecule has 4 rings (SSSR count). The Balaban J connectivity index is 1.80. The molecular weight excluding hydrogens is 727 g/mol. The normalized spacial score (nSPS) is 17.8. The van der Waals surface area contributed by atoms with E-state index in [4.69, 9.17) is 24.0 Å². The van der Waals surface area contributed by atoms with Crippen molar-refractivity contribution in [3.63, 3.8) is 0 Å². The molecule has 57 heavy (non-hydrogen) atoms. The quantitative estimate of drug-likeness (QED) is 0.0766. The van der Waals surface area contributed by atoms with Crippen LogP contribution < -0.4 is 4.74 Å². The van der Waals surface area contributed by atoms with E-state index in [0.29, 0.717) is 17.3 Å². The molecule has 1 aromatic carbocycles. The minimum Gasteiger partial charge on any atom is -0.465 e. The third-order valence-corrected chi connectivity index (χ3v) is 10.9. The van der Waals surface area contributed by atoms with Crippen LogP contribution in [0.1, 0.15) is 146 Å². The van der Waals surface area contributed by atoms with Crippen LogP contribution in [0, 0.1) is 29.1 Å². The Hall–Kier alpha value is -4.86. The summed E-state index contributed by atoms with van der Waals surface area (Å²) < 4.78 is 23.7. The number of H-pyrrole nitrogens is 1. The molecule has 1 aliphatic carbocycles. The zero-order valence-electron chi connectivity index (χ0n) is 34.9. The van der Waals surface area contributed by atoms with Crippen LogP contribution in [0.15, 0.2) is 24.3 Å². The molecule has 1 N–H and O–H groups in total. The van der Waals surface area contributed by atoms with E-state index < -0.39 is 37.1 Å². The highest BCUT2D eigenvalue weighted by Crippen LogP contribution is 2.43. The van der Waals surface area contributed by atoms with E-state index in [1.807, 2.05) is 24.3 Å². The molecule has 3 aromatic rings. The van der Waals surface area contributed by atoms with E-state index in [2.05, 4.69) is 38.7 Å². The number of aromatic nitrogens is 3. The highest BCUT2D eigenvalue weighted by molar-refractivity contribution is 6.01. The number of nitriles is 1. The lowest BCUT2D eigenvalue weighted by atomic mass is 9.68. The van der Waals surface area contributed by atoms with Crippen molar-refractivity contribution in [3.8, 4) is 23.3 Å². The van der Waals surface area contributed by atoms with Gasteiger partial charge in [-0.15, -0.1) is 5.10 Å². The van der Waals surface area contributed by atoms with Gasteiger partial charge in [0.25, 0.3) is 0 Å². The van der Waals surface area contributed by atoms with E-state index in [1.165, 1.54) is 16.5 Å². The van der Waals surface area contributed by atoms with Gasteiger partial charge in [-0.2, -0.15) is 9.78 Å². The third kappa shape index (κ3) is 12.1. The maximum absolute atomic E-state index is 14.6. The number of amides is 1. The topological polar surface area (TPSA) is 165 Å². The van der Waals surface area contributed by atoms with E-state index >= 15 is 0 Å². The molecule has 2 aromatic heterocycles. The summed E-state index contributed by atoms with van der Waals surface area (Å²) in [7, 11) is 0. The molecule has 0 bridgehead atoms. The third-order valence-electron chi connectivity index (χ3n) is 10.9. The molecule has 2 heterocycles. The minimum absolute atomic E-state index is 0.0547. The first-order valence-corrected chi connectivity index (χ1v) is 21.2. The molecule has 1 aliphatic rings. The lowest BCUT2D eigenvalue weighted by molar-refractivity contribution is -0.147. The van der Waals surface area contributed by atoms with Gasteiger partial charge in [0, 0.05) is 5.56 Å². The molecule has 312 valence electrons. The second-order valence-electron chi connectivity index (χ2n) is 15.2. The predicted octanol–water partition coefficient (Wildman–Crippen LogP) is 9.21. The molecule has 0 spiro atoms. The van der Waals surface area contributed by atoms with Crippen molar-refractivity contribution in [1.29, 1.82) is 5.26 Å². The van der Waals surface area contributed by atoms with Gasteiger partial charge >= 0.3 is 24.0 Å². The maximum Gasteiger partial charge on any atom is 0.417 e. The first-order chi connectivity index (χ1) is 27.6. The summed E-state index contributed by atoms with van der Waals surface area (Å²) in [6, 6.07) is 9.96. The summed E-state index contributed by atoms with van der Waals surface area (Å²) in [5, 5.41) is 15.3. The molecule has 1 saturated carbocycles. The molecule has 13 nitrogen and oxygen atoms in total. The smallest absolute Gasteiger partial charge is 0.417 e. The zero-order chi connectivity index (χ0) is 41.3. The second-order valence-corrected chi connectivity index (χ2v) is 15.2. The molecule has 0 radical (unpaired) electrons. The monoisotopic (exact) mass is 789 g/mol. The van der Waals surface area contributed by atoms with Crippen LogP contribution >= 0.6 is 0 Å². The van der Waals surface area contributed by atoms with Gasteiger partial charge in [-0.25, -0.2) is 9.59 Å². The van der Waals surface area contributed by atoms with E-state index in [0.717, 1.165) is 88.4 Å². The second kappa shape index (κ2) is 22.8. The van der Waals surface area contributed by atoms with Gasteiger partial charge in [0.15, 0.2) is 11.5 Å². The number of unbranched alkanes of at least 4 members (excludes halogenated alkanes) is 4. The van der Waals surface area contributed by atoms with Crippen molar-refractivity contribution in [2.45, 2.75) is 138 Å². The zero-order valence-corrected chi connectivity index (χ0v) is 34.9. The Morgan fingerprint density at radius 3 is 1.91 bits per heavy atom.